The van der Waals surface area contributed by atoms with Crippen molar-refractivity contribution in [1.29, 1.82) is 0 Å². The van der Waals surface area contributed by atoms with Crippen molar-refractivity contribution in [3.8, 4) is 11.3 Å². The first kappa shape index (κ1) is 10.9. The van der Waals surface area contributed by atoms with E-state index in [1.54, 1.807) is 12.3 Å². The zero-order valence-electron chi connectivity index (χ0n) is 16.3. The van der Waals surface area contributed by atoms with Gasteiger partial charge in [-0.1, -0.05) is 12.1 Å². The fourth-order valence-electron chi connectivity index (χ4n) is 3.10. The van der Waals surface area contributed by atoms with Gasteiger partial charge in [0.1, 0.15) is 7.05 Å². The van der Waals surface area contributed by atoms with E-state index < -0.39 is 6.85 Å². The summed E-state index contributed by atoms with van der Waals surface area (Å²) in [5.74, 6) is 0. The number of pyridine rings is 2. The average molecular weight is 306 g/mol. The molecule has 3 nitrogen and oxygen atoms in total. The van der Waals surface area contributed by atoms with Crippen molar-refractivity contribution in [3.05, 3.63) is 59.4 Å². The molecule has 0 saturated carbocycles. The Morgan fingerprint density at radius 2 is 1.87 bits per heavy atom. The first-order chi connectivity index (χ1) is 12.3. The molecule has 0 saturated heterocycles. The smallest absolute Gasteiger partial charge is 0.227 e. The van der Waals surface area contributed by atoms with Crippen molar-refractivity contribution in [2.24, 2.45) is 7.05 Å². The third kappa shape index (κ3) is 2.12. The maximum Gasteiger partial charge on any atom is 0.227 e. The van der Waals surface area contributed by atoms with E-state index in [-0.39, 0.29) is 0 Å². The van der Waals surface area contributed by atoms with Crippen LogP contribution in [0, 0.1) is 20.7 Å². The number of nitrogens with zero attached hydrogens (tertiary/aromatic N) is 2. The van der Waals surface area contributed by atoms with Crippen molar-refractivity contribution in [1.82, 2.24) is 4.98 Å². The molecule has 23 heavy (non-hydrogen) atoms. The minimum absolute atomic E-state index is 0.315. The van der Waals surface area contributed by atoms with Gasteiger partial charge in [-0.15, -0.1) is 0 Å². The highest BCUT2D eigenvalue weighted by molar-refractivity contribution is 6.08. The summed E-state index contributed by atoms with van der Waals surface area (Å²) >= 11 is 0. The second-order valence-electron chi connectivity index (χ2n) is 5.96. The van der Waals surface area contributed by atoms with Crippen LogP contribution in [0.5, 0.6) is 0 Å². The maximum absolute atomic E-state index is 7.60. The zero-order chi connectivity index (χ0) is 18.6. The molecule has 0 aliphatic heterocycles. The van der Waals surface area contributed by atoms with E-state index in [0.29, 0.717) is 11.3 Å². The zero-order valence-corrected chi connectivity index (χ0v) is 13.3. The summed E-state index contributed by atoms with van der Waals surface area (Å²) in [5, 5.41) is 1.99. The lowest BCUT2D eigenvalue weighted by atomic mass is 10.0. The molecule has 0 N–H and O–H groups in total. The van der Waals surface area contributed by atoms with Crippen LogP contribution in [-0.4, -0.2) is 4.98 Å². The fourth-order valence-corrected chi connectivity index (χ4v) is 3.10. The highest BCUT2D eigenvalue weighted by Crippen LogP contribution is 2.36. The van der Waals surface area contributed by atoms with Gasteiger partial charge in [0.05, 0.1) is 5.56 Å². The first-order valence-corrected chi connectivity index (χ1v) is 7.56. The molecule has 0 amide bonds. The second-order valence-corrected chi connectivity index (χ2v) is 5.96. The number of hydrogen-bond acceptors (Lipinski definition) is 2. The SMILES string of the molecule is [2H]C([2H])([2H])c1ccc(-c2c(C)ccc3c2oc2nc(C)ccc23)[n+](C)c1. The summed E-state index contributed by atoms with van der Waals surface area (Å²) in [6, 6.07) is 11.6. The third-order valence-corrected chi connectivity index (χ3v) is 4.24. The van der Waals surface area contributed by atoms with Gasteiger partial charge in [0.25, 0.3) is 0 Å². The number of benzene rings is 1. The topological polar surface area (TPSA) is 29.9 Å². The van der Waals surface area contributed by atoms with Crippen LogP contribution < -0.4 is 4.57 Å². The van der Waals surface area contributed by atoms with E-state index in [2.05, 4.69) is 11.1 Å². The van der Waals surface area contributed by atoms with Gasteiger partial charge in [0, 0.05) is 32.2 Å². The van der Waals surface area contributed by atoms with Crippen molar-refractivity contribution in [2.45, 2.75) is 20.7 Å². The molecule has 0 aliphatic carbocycles. The summed E-state index contributed by atoms with van der Waals surface area (Å²) in [6.07, 6.45) is 1.66. The van der Waals surface area contributed by atoms with Gasteiger partial charge in [-0.2, -0.15) is 0 Å². The van der Waals surface area contributed by atoms with E-state index in [1.165, 1.54) is 0 Å². The van der Waals surface area contributed by atoms with Gasteiger partial charge < -0.3 is 4.42 Å². The molecule has 0 fully saturated rings. The molecule has 3 aromatic heterocycles. The third-order valence-electron chi connectivity index (χ3n) is 4.24. The van der Waals surface area contributed by atoms with Gasteiger partial charge in [-0.05, 0) is 44.5 Å². The van der Waals surface area contributed by atoms with Crippen LogP contribution in [0.3, 0.4) is 0 Å². The predicted molar refractivity (Wildman–Crippen MR) is 92.3 cm³/mol. The van der Waals surface area contributed by atoms with Crippen molar-refractivity contribution >= 4 is 22.1 Å². The van der Waals surface area contributed by atoms with Crippen LogP contribution in [0.4, 0.5) is 0 Å². The molecule has 0 atom stereocenters. The molecule has 0 aliphatic rings. The van der Waals surface area contributed by atoms with Crippen LogP contribution in [0.25, 0.3) is 33.3 Å². The second kappa shape index (κ2) is 4.92. The molecule has 114 valence electrons. The lowest BCUT2D eigenvalue weighted by Crippen LogP contribution is -2.31. The summed E-state index contributed by atoms with van der Waals surface area (Å²) < 4.78 is 30.8. The summed E-state index contributed by atoms with van der Waals surface area (Å²) in [4.78, 5) is 4.50. The lowest BCUT2D eigenvalue weighted by molar-refractivity contribution is -0.660. The Balaban J connectivity index is 2.02. The van der Waals surface area contributed by atoms with Gasteiger partial charge >= 0.3 is 0 Å². The standard InChI is InChI=1S/C20H19N2O/c1-12-5-10-17(22(4)11-12)18-13(2)6-8-15-16-9-7-14(3)21-20(16)23-19(15)18/h5-11H,1-4H3/q+1/i1D3. The van der Waals surface area contributed by atoms with Gasteiger partial charge in [0.15, 0.2) is 11.8 Å². The van der Waals surface area contributed by atoms with Gasteiger partial charge in [-0.3, -0.25) is 0 Å². The summed E-state index contributed by atoms with van der Waals surface area (Å²) in [7, 11) is 1.86. The number of aryl methyl sites for hydroxylation is 4. The molecule has 4 rings (SSSR count). The molecule has 4 aromatic rings. The van der Waals surface area contributed by atoms with Crippen LogP contribution in [0.1, 0.15) is 20.9 Å². The van der Waals surface area contributed by atoms with Crippen molar-refractivity contribution in [2.75, 3.05) is 0 Å². The van der Waals surface area contributed by atoms with E-state index in [9.17, 15) is 0 Å². The molecular weight excluding hydrogens is 284 g/mol. The first-order valence-electron chi connectivity index (χ1n) is 9.06. The quantitative estimate of drug-likeness (QED) is 0.488. The Morgan fingerprint density at radius 1 is 1.04 bits per heavy atom. The molecule has 0 unspecified atom stereocenters. The monoisotopic (exact) mass is 306 g/mol. The molecule has 1 aromatic carbocycles. The Morgan fingerprint density at radius 3 is 2.65 bits per heavy atom. The summed E-state index contributed by atoms with van der Waals surface area (Å²) in [6.45, 7) is 1.84. The van der Waals surface area contributed by atoms with Crippen molar-refractivity contribution in [3.63, 3.8) is 0 Å². The molecule has 3 heteroatoms. The lowest BCUT2D eigenvalue weighted by Gasteiger charge is -2.05. The van der Waals surface area contributed by atoms with Gasteiger partial charge in [0.2, 0.25) is 11.4 Å². The fraction of sp³-hybridized carbons (Fsp3) is 0.200. The van der Waals surface area contributed by atoms with E-state index in [0.717, 1.165) is 38.9 Å². The normalized spacial score (nSPS) is 14.0. The van der Waals surface area contributed by atoms with Crippen molar-refractivity contribution < 1.29 is 13.1 Å². The number of aromatic nitrogens is 2. The Kier molecular flexibility index (Phi) is 2.34. The van der Waals surface area contributed by atoms with Crippen LogP contribution in [0.2, 0.25) is 0 Å². The minimum Gasteiger partial charge on any atom is -0.437 e. The highest BCUT2D eigenvalue weighted by Gasteiger charge is 2.20. The molecule has 0 spiro atoms. The molecular formula is C20H19N2O+. The number of furan rings is 1. The Labute approximate surface area is 139 Å². The molecule has 0 radical (unpaired) electrons. The average Bonchev–Trinajstić information content (AvgIpc) is 2.91. The van der Waals surface area contributed by atoms with E-state index in [1.807, 2.05) is 49.7 Å². The van der Waals surface area contributed by atoms with E-state index >= 15 is 0 Å². The van der Waals surface area contributed by atoms with Crippen LogP contribution in [0.15, 0.2) is 47.0 Å². The van der Waals surface area contributed by atoms with Gasteiger partial charge in [-0.25, -0.2) is 9.55 Å². The largest absolute Gasteiger partial charge is 0.437 e. The Hall–Kier alpha value is -2.68. The number of rotatable bonds is 1. The highest BCUT2D eigenvalue weighted by atomic mass is 16.3. The summed E-state index contributed by atoms with van der Waals surface area (Å²) in [5.41, 5.74) is 5.53. The number of hydrogen-bond donors (Lipinski definition) is 0. The van der Waals surface area contributed by atoms with Crippen LogP contribution >= 0.6 is 0 Å². The van der Waals surface area contributed by atoms with E-state index in [4.69, 9.17) is 8.53 Å². The Bertz CT molecular complexity index is 1160. The van der Waals surface area contributed by atoms with Crippen LogP contribution in [-0.2, 0) is 7.05 Å². The maximum atomic E-state index is 7.60. The molecule has 3 heterocycles. The number of fused-ring (bicyclic) bond motifs is 3. The predicted octanol–water partition coefficient (Wildman–Crippen LogP) is 4.40. The molecule has 0 bridgehead atoms. The minimum atomic E-state index is -2.13.